The highest BCUT2D eigenvalue weighted by Gasteiger charge is 2.30. The van der Waals surface area contributed by atoms with E-state index in [0.717, 1.165) is 26.1 Å². The van der Waals surface area contributed by atoms with Crippen molar-refractivity contribution in [2.75, 3.05) is 32.8 Å². The first kappa shape index (κ1) is 10.7. The number of nitrogens with zero attached hydrogens (tertiary/aromatic N) is 1. The molecule has 0 radical (unpaired) electrons. The lowest BCUT2D eigenvalue weighted by atomic mass is 10.0. The van der Waals surface area contributed by atoms with E-state index in [4.69, 9.17) is 4.74 Å². The molecular formula is C10H17FN2O2. The van der Waals surface area contributed by atoms with E-state index < -0.39 is 6.17 Å². The molecule has 0 aromatic rings. The number of likely N-dealkylation sites (tertiary alicyclic amines) is 1. The van der Waals surface area contributed by atoms with Crippen LogP contribution in [-0.2, 0) is 4.74 Å². The van der Waals surface area contributed by atoms with Gasteiger partial charge in [-0.3, -0.25) is 0 Å². The van der Waals surface area contributed by atoms with E-state index in [1.165, 1.54) is 4.90 Å². The summed E-state index contributed by atoms with van der Waals surface area (Å²) in [6.45, 7) is 2.77. The summed E-state index contributed by atoms with van der Waals surface area (Å²) < 4.78 is 17.7. The Bertz CT molecular complexity index is 225. The Morgan fingerprint density at radius 3 is 2.67 bits per heavy atom. The topological polar surface area (TPSA) is 41.6 Å². The predicted molar refractivity (Wildman–Crippen MR) is 53.4 cm³/mol. The summed E-state index contributed by atoms with van der Waals surface area (Å²) in [7, 11) is 0. The van der Waals surface area contributed by atoms with E-state index >= 15 is 0 Å². The maximum Gasteiger partial charge on any atom is 0.317 e. The van der Waals surface area contributed by atoms with E-state index in [9.17, 15) is 9.18 Å². The molecule has 0 aromatic heterocycles. The van der Waals surface area contributed by atoms with Gasteiger partial charge < -0.3 is 15.0 Å². The smallest absolute Gasteiger partial charge is 0.317 e. The van der Waals surface area contributed by atoms with Gasteiger partial charge in [0.25, 0.3) is 0 Å². The molecule has 2 aliphatic heterocycles. The van der Waals surface area contributed by atoms with Crippen molar-refractivity contribution in [1.82, 2.24) is 10.2 Å². The molecule has 0 atom stereocenters. The molecule has 2 fully saturated rings. The minimum absolute atomic E-state index is 0.129. The molecule has 15 heavy (non-hydrogen) atoms. The molecule has 0 aliphatic carbocycles. The van der Waals surface area contributed by atoms with Gasteiger partial charge >= 0.3 is 6.03 Å². The zero-order valence-electron chi connectivity index (χ0n) is 8.75. The maximum absolute atomic E-state index is 12.5. The number of halogens is 1. The van der Waals surface area contributed by atoms with Gasteiger partial charge in [-0.05, 0) is 18.8 Å². The quantitative estimate of drug-likeness (QED) is 0.741. The number of amides is 2. The van der Waals surface area contributed by atoms with Crippen molar-refractivity contribution in [3.8, 4) is 0 Å². The Hall–Kier alpha value is -0.840. The van der Waals surface area contributed by atoms with Gasteiger partial charge in [-0.1, -0.05) is 0 Å². The SMILES string of the molecule is O=C(NCC1CCOCC1)N1CC(F)C1. The largest absolute Gasteiger partial charge is 0.381 e. The summed E-state index contributed by atoms with van der Waals surface area (Å²) in [5.74, 6) is 0.519. The fourth-order valence-electron chi connectivity index (χ4n) is 1.88. The highest BCUT2D eigenvalue weighted by molar-refractivity contribution is 5.75. The molecule has 2 rings (SSSR count). The lowest BCUT2D eigenvalue weighted by molar-refractivity contribution is 0.0632. The lowest BCUT2D eigenvalue weighted by Gasteiger charge is -2.34. The molecule has 4 nitrogen and oxygen atoms in total. The van der Waals surface area contributed by atoms with Gasteiger partial charge in [0.15, 0.2) is 0 Å². The Labute approximate surface area is 88.8 Å². The molecule has 0 spiro atoms. The summed E-state index contributed by atoms with van der Waals surface area (Å²) in [5, 5.41) is 2.84. The van der Waals surface area contributed by atoms with E-state index in [1.54, 1.807) is 0 Å². The number of urea groups is 1. The summed E-state index contributed by atoms with van der Waals surface area (Å²) in [4.78, 5) is 12.9. The number of nitrogens with one attached hydrogen (secondary N) is 1. The summed E-state index contributed by atoms with van der Waals surface area (Å²) in [5.41, 5.74) is 0. The zero-order chi connectivity index (χ0) is 10.7. The Morgan fingerprint density at radius 2 is 2.07 bits per heavy atom. The number of carbonyl (C=O) groups excluding carboxylic acids is 1. The second-order valence-corrected chi connectivity index (χ2v) is 4.24. The van der Waals surface area contributed by atoms with Crippen LogP contribution in [0.3, 0.4) is 0 Å². The van der Waals surface area contributed by atoms with Gasteiger partial charge in [0, 0.05) is 19.8 Å². The number of ether oxygens (including phenoxy) is 1. The van der Waals surface area contributed by atoms with Crippen LogP contribution in [-0.4, -0.2) is 50.0 Å². The summed E-state index contributed by atoms with van der Waals surface area (Å²) in [6, 6.07) is -0.129. The van der Waals surface area contributed by atoms with E-state index in [1.807, 2.05) is 0 Å². The molecule has 2 saturated heterocycles. The Balaban J connectivity index is 1.62. The molecule has 1 N–H and O–H groups in total. The first-order chi connectivity index (χ1) is 7.25. The first-order valence-corrected chi connectivity index (χ1v) is 5.50. The molecule has 0 bridgehead atoms. The number of carbonyl (C=O) groups is 1. The van der Waals surface area contributed by atoms with Gasteiger partial charge in [0.05, 0.1) is 13.1 Å². The molecule has 2 amide bonds. The Morgan fingerprint density at radius 1 is 1.40 bits per heavy atom. The third kappa shape index (κ3) is 2.81. The maximum atomic E-state index is 12.5. The minimum atomic E-state index is -0.821. The Kier molecular flexibility index (Phi) is 3.41. The standard InChI is InChI=1S/C10H17FN2O2/c11-9-6-13(7-9)10(14)12-5-8-1-3-15-4-2-8/h8-9H,1-7H2,(H,12,14). The molecule has 5 heteroatoms. The monoisotopic (exact) mass is 216 g/mol. The highest BCUT2D eigenvalue weighted by Crippen LogP contribution is 2.14. The average molecular weight is 216 g/mol. The predicted octanol–water partition coefficient (Wildman–Crippen LogP) is 0.776. The van der Waals surface area contributed by atoms with Crippen molar-refractivity contribution in [1.29, 1.82) is 0 Å². The van der Waals surface area contributed by atoms with Crippen molar-refractivity contribution < 1.29 is 13.9 Å². The molecule has 86 valence electrons. The van der Waals surface area contributed by atoms with Crippen molar-refractivity contribution in [2.24, 2.45) is 5.92 Å². The lowest BCUT2D eigenvalue weighted by Crippen LogP contribution is -2.55. The van der Waals surface area contributed by atoms with Crippen LogP contribution in [0.5, 0.6) is 0 Å². The number of hydrogen-bond acceptors (Lipinski definition) is 2. The number of alkyl halides is 1. The molecule has 2 heterocycles. The fraction of sp³-hybridized carbons (Fsp3) is 0.900. The van der Waals surface area contributed by atoms with Crippen molar-refractivity contribution >= 4 is 6.03 Å². The molecular weight excluding hydrogens is 199 g/mol. The van der Waals surface area contributed by atoms with Crippen molar-refractivity contribution in [3.05, 3.63) is 0 Å². The number of rotatable bonds is 2. The first-order valence-electron chi connectivity index (χ1n) is 5.50. The van der Waals surface area contributed by atoms with Gasteiger partial charge in [0.1, 0.15) is 6.17 Å². The van der Waals surface area contributed by atoms with Crippen LogP contribution in [0.25, 0.3) is 0 Å². The second-order valence-electron chi connectivity index (χ2n) is 4.24. The van der Waals surface area contributed by atoms with Crippen LogP contribution in [0.1, 0.15) is 12.8 Å². The van der Waals surface area contributed by atoms with E-state index in [2.05, 4.69) is 5.32 Å². The van der Waals surface area contributed by atoms with Crippen molar-refractivity contribution in [2.45, 2.75) is 19.0 Å². The van der Waals surface area contributed by atoms with E-state index in [-0.39, 0.29) is 19.1 Å². The van der Waals surface area contributed by atoms with Gasteiger partial charge in [-0.15, -0.1) is 0 Å². The minimum Gasteiger partial charge on any atom is -0.381 e. The van der Waals surface area contributed by atoms with Crippen LogP contribution in [0.2, 0.25) is 0 Å². The van der Waals surface area contributed by atoms with E-state index in [0.29, 0.717) is 12.5 Å². The normalized spacial score (nSPS) is 23.7. The van der Waals surface area contributed by atoms with Crippen LogP contribution < -0.4 is 5.32 Å². The molecule has 0 aromatic carbocycles. The van der Waals surface area contributed by atoms with Gasteiger partial charge in [0.2, 0.25) is 0 Å². The number of hydrogen-bond donors (Lipinski definition) is 1. The zero-order valence-corrected chi connectivity index (χ0v) is 8.75. The highest BCUT2D eigenvalue weighted by atomic mass is 19.1. The van der Waals surface area contributed by atoms with Gasteiger partial charge in [-0.25, -0.2) is 9.18 Å². The third-order valence-electron chi connectivity index (χ3n) is 3.01. The third-order valence-corrected chi connectivity index (χ3v) is 3.01. The van der Waals surface area contributed by atoms with Crippen LogP contribution in [0, 0.1) is 5.92 Å². The summed E-state index contributed by atoms with van der Waals surface area (Å²) >= 11 is 0. The second kappa shape index (κ2) is 4.79. The van der Waals surface area contributed by atoms with Crippen molar-refractivity contribution in [3.63, 3.8) is 0 Å². The molecule has 2 aliphatic rings. The van der Waals surface area contributed by atoms with Gasteiger partial charge in [-0.2, -0.15) is 0 Å². The van der Waals surface area contributed by atoms with Crippen LogP contribution >= 0.6 is 0 Å². The molecule has 0 unspecified atom stereocenters. The van der Waals surface area contributed by atoms with Crippen LogP contribution in [0.4, 0.5) is 9.18 Å². The average Bonchev–Trinajstić information content (AvgIpc) is 2.23. The fourth-order valence-corrected chi connectivity index (χ4v) is 1.88. The van der Waals surface area contributed by atoms with Crippen LogP contribution in [0.15, 0.2) is 0 Å². The molecule has 0 saturated carbocycles. The summed E-state index contributed by atoms with van der Waals surface area (Å²) in [6.07, 6.45) is 1.19.